The topological polar surface area (TPSA) is 23.6 Å². The van der Waals surface area contributed by atoms with Gasteiger partial charge in [0.2, 0.25) is 5.91 Å². The minimum absolute atomic E-state index is 0.168. The molecule has 1 unspecified atom stereocenters. The fraction of sp³-hybridized carbons (Fsp3) is 0.458. The van der Waals surface area contributed by atoms with Crippen LogP contribution < -0.4 is 0 Å². The van der Waals surface area contributed by atoms with Crippen molar-refractivity contribution in [2.24, 2.45) is 0 Å². The second kappa shape index (κ2) is 8.42. The molecule has 1 amide bonds. The molecule has 2 aliphatic rings. The van der Waals surface area contributed by atoms with E-state index in [1.54, 1.807) is 12.1 Å². The molecule has 2 heterocycles. The number of rotatable bonds is 5. The molecule has 2 aromatic rings. The number of nitrogens with zero attached hydrogens (tertiary/aromatic N) is 2. The molecule has 160 valence electrons. The molecule has 0 N–H and O–H groups in total. The van der Waals surface area contributed by atoms with Gasteiger partial charge in [-0.1, -0.05) is 54.6 Å². The van der Waals surface area contributed by atoms with Crippen LogP contribution in [0.15, 0.2) is 54.6 Å². The van der Waals surface area contributed by atoms with Crippen molar-refractivity contribution in [3.8, 4) is 0 Å². The quantitative estimate of drug-likeness (QED) is 0.689. The van der Waals surface area contributed by atoms with E-state index in [4.69, 9.17) is 0 Å². The van der Waals surface area contributed by atoms with E-state index < -0.39 is 18.1 Å². The van der Waals surface area contributed by atoms with Crippen LogP contribution in [0.3, 0.4) is 0 Å². The summed E-state index contributed by atoms with van der Waals surface area (Å²) in [5.74, 6) is 0.168. The molecule has 2 aromatic carbocycles. The van der Waals surface area contributed by atoms with E-state index in [0.29, 0.717) is 13.1 Å². The molecule has 0 aliphatic carbocycles. The first-order valence-corrected chi connectivity index (χ1v) is 10.6. The third-order valence-corrected chi connectivity index (χ3v) is 6.31. The molecule has 30 heavy (non-hydrogen) atoms. The lowest BCUT2D eigenvalue weighted by atomic mass is 9.85. The number of hydrogen-bond donors (Lipinski definition) is 0. The van der Waals surface area contributed by atoms with Gasteiger partial charge < -0.3 is 4.90 Å². The molecule has 2 aliphatic heterocycles. The molecule has 1 atom stereocenters. The summed E-state index contributed by atoms with van der Waals surface area (Å²) in [7, 11) is 0. The average Bonchev–Trinajstić information content (AvgIpc) is 3.08. The molecule has 0 radical (unpaired) electrons. The number of amides is 1. The number of hydrogen-bond acceptors (Lipinski definition) is 2. The second-order valence-corrected chi connectivity index (χ2v) is 8.48. The van der Waals surface area contributed by atoms with E-state index >= 15 is 0 Å². The summed E-state index contributed by atoms with van der Waals surface area (Å²) in [6.07, 6.45) is -1.62. The lowest BCUT2D eigenvalue weighted by molar-refractivity contribution is -0.148. The minimum atomic E-state index is -4.22. The Balaban J connectivity index is 1.51. The largest absolute Gasteiger partial charge is 0.393 e. The molecule has 0 saturated carbocycles. The predicted octanol–water partition coefficient (Wildman–Crippen LogP) is 4.95. The molecule has 2 fully saturated rings. The molecule has 0 bridgehead atoms. The van der Waals surface area contributed by atoms with Crippen molar-refractivity contribution in [1.29, 1.82) is 0 Å². The highest BCUT2D eigenvalue weighted by molar-refractivity contribution is 5.87. The van der Waals surface area contributed by atoms with Crippen molar-refractivity contribution in [3.63, 3.8) is 0 Å². The van der Waals surface area contributed by atoms with Gasteiger partial charge in [-0.05, 0) is 48.9 Å². The molecule has 3 nitrogen and oxygen atoms in total. The Morgan fingerprint density at radius 2 is 1.50 bits per heavy atom. The van der Waals surface area contributed by atoms with Crippen molar-refractivity contribution < 1.29 is 18.0 Å². The highest BCUT2D eigenvalue weighted by Crippen LogP contribution is 2.39. The third-order valence-electron chi connectivity index (χ3n) is 6.31. The highest BCUT2D eigenvalue weighted by atomic mass is 19.4. The normalized spacial score (nSPS) is 22.8. The van der Waals surface area contributed by atoms with Crippen molar-refractivity contribution in [2.75, 3.05) is 13.1 Å². The maximum Gasteiger partial charge on any atom is 0.393 e. The standard InChI is InChI=1S/C24H27F3N2O/c25-24(26,27)16-20-9-4-10-21(15-20)18-29-14-6-12-23(29)11-5-13-28(22(23)30)17-19-7-2-1-3-8-19/h1-4,7-10,15H,5-6,11-14,16-18H2. The van der Waals surface area contributed by atoms with Crippen molar-refractivity contribution >= 4 is 5.91 Å². The monoisotopic (exact) mass is 416 g/mol. The Morgan fingerprint density at radius 1 is 0.833 bits per heavy atom. The van der Waals surface area contributed by atoms with Crippen LogP contribution in [0.25, 0.3) is 0 Å². The Bertz CT molecular complexity index is 884. The van der Waals surface area contributed by atoms with Crippen LogP contribution in [-0.2, 0) is 24.3 Å². The van der Waals surface area contributed by atoms with Gasteiger partial charge in [0.25, 0.3) is 0 Å². The summed E-state index contributed by atoms with van der Waals surface area (Å²) in [6, 6.07) is 16.7. The van der Waals surface area contributed by atoms with Gasteiger partial charge in [-0.15, -0.1) is 0 Å². The fourth-order valence-corrected chi connectivity index (χ4v) is 5.00. The van der Waals surface area contributed by atoms with Crippen molar-refractivity contribution in [3.05, 3.63) is 71.3 Å². The first-order chi connectivity index (χ1) is 14.4. The van der Waals surface area contributed by atoms with Crippen molar-refractivity contribution in [2.45, 2.75) is 56.9 Å². The number of halogens is 3. The van der Waals surface area contributed by atoms with Crippen LogP contribution in [0.1, 0.15) is 42.4 Å². The van der Waals surface area contributed by atoms with E-state index in [9.17, 15) is 18.0 Å². The van der Waals surface area contributed by atoms with E-state index in [0.717, 1.165) is 49.9 Å². The molecular formula is C24H27F3N2O. The van der Waals surface area contributed by atoms with Gasteiger partial charge in [0.15, 0.2) is 0 Å². The van der Waals surface area contributed by atoms with Gasteiger partial charge >= 0.3 is 6.18 Å². The summed E-state index contributed by atoms with van der Waals surface area (Å²) in [5.41, 5.74) is 1.71. The highest BCUT2D eigenvalue weighted by Gasteiger charge is 2.50. The van der Waals surface area contributed by atoms with Crippen LogP contribution in [-0.4, -0.2) is 40.5 Å². The SMILES string of the molecule is O=C1N(Cc2ccccc2)CCCC12CCCN2Cc1cccc(CC(F)(F)F)c1. The van der Waals surface area contributed by atoms with E-state index in [1.165, 1.54) is 6.07 Å². The Kier molecular flexibility index (Phi) is 5.87. The second-order valence-electron chi connectivity index (χ2n) is 8.48. The summed E-state index contributed by atoms with van der Waals surface area (Å²) in [5, 5.41) is 0. The summed E-state index contributed by atoms with van der Waals surface area (Å²) >= 11 is 0. The van der Waals surface area contributed by atoms with Gasteiger partial charge in [0.05, 0.1) is 6.42 Å². The molecule has 2 saturated heterocycles. The molecule has 4 rings (SSSR count). The van der Waals surface area contributed by atoms with Crippen LogP contribution >= 0.6 is 0 Å². The molecule has 0 aromatic heterocycles. The van der Waals surface area contributed by atoms with Gasteiger partial charge in [-0.2, -0.15) is 13.2 Å². The van der Waals surface area contributed by atoms with Crippen LogP contribution in [0.5, 0.6) is 0 Å². The first-order valence-electron chi connectivity index (χ1n) is 10.6. The number of carbonyl (C=O) groups is 1. The number of piperidine rings is 1. The zero-order chi connectivity index (χ0) is 21.2. The maximum atomic E-state index is 13.5. The van der Waals surface area contributed by atoms with E-state index in [1.807, 2.05) is 41.3 Å². The zero-order valence-electron chi connectivity index (χ0n) is 17.0. The molecular weight excluding hydrogens is 389 g/mol. The molecule has 1 spiro atoms. The predicted molar refractivity (Wildman–Crippen MR) is 110 cm³/mol. The smallest absolute Gasteiger partial charge is 0.337 e. The lowest BCUT2D eigenvalue weighted by Gasteiger charge is -2.45. The fourth-order valence-electron chi connectivity index (χ4n) is 5.00. The number of benzene rings is 2. The summed E-state index contributed by atoms with van der Waals surface area (Å²) < 4.78 is 38.3. The van der Waals surface area contributed by atoms with Gasteiger partial charge in [0, 0.05) is 19.6 Å². The van der Waals surface area contributed by atoms with Gasteiger partial charge in [0.1, 0.15) is 5.54 Å². The zero-order valence-corrected chi connectivity index (χ0v) is 17.0. The minimum Gasteiger partial charge on any atom is -0.337 e. The van der Waals surface area contributed by atoms with Crippen LogP contribution in [0.4, 0.5) is 13.2 Å². The van der Waals surface area contributed by atoms with Gasteiger partial charge in [-0.3, -0.25) is 9.69 Å². The molecule has 6 heteroatoms. The summed E-state index contributed by atoms with van der Waals surface area (Å²) in [6.45, 7) is 2.67. The lowest BCUT2D eigenvalue weighted by Crippen LogP contribution is -2.59. The Hall–Kier alpha value is -2.34. The van der Waals surface area contributed by atoms with Crippen molar-refractivity contribution in [1.82, 2.24) is 9.80 Å². The van der Waals surface area contributed by atoms with Gasteiger partial charge in [-0.25, -0.2) is 0 Å². The van der Waals surface area contributed by atoms with Crippen LogP contribution in [0, 0.1) is 0 Å². The average molecular weight is 416 g/mol. The maximum absolute atomic E-state index is 13.5. The Morgan fingerprint density at radius 3 is 2.23 bits per heavy atom. The van der Waals surface area contributed by atoms with E-state index in [2.05, 4.69) is 4.90 Å². The third kappa shape index (κ3) is 4.53. The summed E-state index contributed by atoms with van der Waals surface area (Å²) in [4.78, 5) is 17.7. The number of likely N-dealkylation sites (tertiary alicyclic amines) is 2. The number of alkyl halides is 3. The van der Waals surface area contributed by atoms with Crippen LogP contribution in [0.2, 0.25) is 0 Å². The Labute approximate surface area is 175 Å². The first kappa shape index (κ1) is 20.9. The van der Waals surface area contributed by atoms with E-state index in [-0.39, 0.29) is 11.5 Å². The number of carbonyl (C=O) groups excluding carboxylic acids is 1.